The van der Waals surface area contributed by atoms with Gasteiger partial charge in [-0.3, -0.25) is 0 Å². The topological polar surface area (TPSA) is 112 Å². The maximum absolute atomic E-state index is 11.3. The van der Waals surface area contributed by atoms with Crippen molar-refractivity contribution < 1.29 is 4.79 Å². The van der Waals surface area contributed by atoms with Gasteiger partial charge in [-0.15, -0.1) is 10.2 Å². The number of rotatable bonds is 3. The standard InChI is InChI=1S/C13H15ClN6O/c1-7(2)10-11(12(15)20(19-10)13(16)21)18-17-9-6-4-3-5-8(9)14/h3-7H,15H2,1-2H3,(H2,16,21). The lowest BCUT2D eigenvalue weighted by Gasteiger charge is -2.00. The number of benzene rings is 1. The van der Waals surface area contributed by atoms with Crippen LogP contribution in [0.1, 0.15) is 25.5 Å². The quantitative estimate of drug-likeness (QED) is 0.845. The average molecular weight is 307 g/mol. The molecule has 0 saturated heterocycles. The fourth-order valence-corrected chi connectivity index (χ4v) is 1.91. The molecule has 0 aliphatic carbocycles. The van der Waals surface area contributed by atoms with E-state index in [4.69, 9.17) is 23.1 Å². The van der Waals surface area contributed by atoms with E-state index in [1.807, 2.05) is 13.8 Å². The van der Waals surface area contributed by atoms with E-state index >= 15 is 0 Å². The summed E-state index contributed by atoms with van der Waals surface area (Å²) in [4.78, 5) is 11.3. The molecule has 7 nitrogen and oxygen atoms in total. The zero-order valence-corrected chi connectivity index (χ0v) is 12.4. The van der Waals surface area contributed by atoms with Gasteiger partial charge in [0.25, 0.3) is 0 Å². The van der Waals surface area contributed by atoms with Crippen LogP contribution in [0, 0.1) is 0 Å². The van der Waals surface area contributed by atoms with Crippen molar-refractivity contribution in [3.8, 4) is 0 Å². The molecule has 1 aromatic heterocycles. The predicted octanol–water partition coefficient (Wildman–Crippen LogP) is 3.58. The molecule has 0 bridgehead atoms. The summed E-state index contributed by atoms with van der Waals surface area (Å²) >= 11 is 6.01. The van der Waals surface area contributed by atoms with Crippen molar-refractivity contribution >= 4 is 34.8 Å². The minimum absolute atomic E-state index is 0.00750. The van der Waals surface area contributed by atoms with Crippen molar-refractivity contribution in [1.82, 2.24) is 9.78 Å². The summed E-state index contributed by atoms with van der Waals surface area (Å²) in [6.45, 7) is 3.81. The Balaban J connectivity index is 2.48. The van der Waals surface area contributed by atoms with Crippen molar-refractivity contribution in [3.63, 3.8) is 0 Å². The molecule has 1 heterocycles. The first-order valence-corrected chi connectivity index (χ1v) is 6.64. The lowest BCUT2D eigenvalue weighted by Crippen LogP contribution is -2.22. The second kappa shape index (κ2) is 5.92. The largest absolute Gasteiger partial charge is 0.382 e. The van der Waals surface area contributed by atoms with Gasteiger partial charge in [-0.25, -0.2) is 4.79 Å². The second-order valence-electron chi connectivity index (χ2n) is 4.68. The van der Waals surface area contributed by atoms with Crippen molar-refractivity contribution in [1.29, 1.82) is 0 Å². The fraction of sp³-hybridized carbons (Fsp3) is 0.231. The minimum atomic E-state index is -0.770. The van der Waals surface area contributed by atoms with Crippen molar-refractivity contribution in [2.75, 3.05) is 5.73 Å². The Morgan fingerprint density at radius 3 is 2.57 bits per heavy atom. The van der Waals surface area contributed by atoms with Crippen molar-refractivity contribution in [2.24, 2.45) is 16.0 Å². The number of nitrogens with zero attached hydrogens (tertiary/aromatic N) is 4. The highest BCUT2D eigenvalue weighted by molar-refractivity contribution is 6.32. The van der Waals surface area contributed by atoms with Crippen LogP contribution in [0.5, 0.6) is 0 Å². The van der Waals surface area contributed by atoms with Crippen LogP contribution in [0.4, 0.5) is 22.0 Å². The number of carbonyl (C=O) groups excluding carboxylic acids is 1. The van der Waals surface area contributed by atoms with Gasteiger partial charge in [0.05, 0.1) is 10.7 Å². The first kappa shape index (κ1) is 15.0. The molecule has 1 amide bonds. The van der Waals surface area contributed by atoms with Crippen LogP contribution in [0.3, 0.4) is 0 Å². The SMILES string of the molecule is CC(C)c1nn(C(N)=O)c(N)c1N=Nc1ccccc1Cl. The molecule has 0 spiro atoms. The van der Waals surface area contributed by atoms with Crippen molar-refractivity contribution in [3.05, 3.63) is 35.0 Å². The Morgan fingerprint density at radius 2 is 2.00 bits per heavy atom. The van der Waals surface area contributed by atoms with Gasteiger partial charge in [0.2, 0.25) is 0 Å². The number of amides is 1. The maximum Gasteiger partial charge on any atom is 0.341 e. The Labute approximate surface area is 126 Å². The number of nitrogen functional groups attached to an aromatic ring is 1. The van der Waals surface area contributed by atoms with Crippen LogP contribution in [-0.4, -0.2) is 15.8 Å². The van der Waals surface area contributed by atoms with Gasteiger partial charge in [-0.05, 0) is 18.1 Å². The van der Waals surface area contributed by atoms with E-state index in [1.54, 1.807) is 24.3 Å². The number of hydrogen-bond acceptors (Lipinski definition) is 5. The van der Waals surface area contributed by atoms with E-state index in [2.05, 4.69) is 15.3 Å². The van der Waals surface area contributed by atoms with Crippen LogP contribution in [0.15, 0.2) is 34.5 Å². The lowest BCUT2D eigenvalue weighted by molar-refractivity contribution is 0.248. The Morgan fingerprint density at radius 1 is 1.33 bits per heavy atom. The van der Waals surface area contributed by atoms with Crippen molar-refractivity contribution in [2.45, 2.75) is 19.8 Å². The summed E-state index contributed by atoms with van der Waals surface area (Å²) < 4.78 is 0.913. The van der Waals surface area contributed by atoms with Crippen LogP contribution >= 0.6 is 11.6 Å². The molecule has 21 heavy (non-hydrogen) atoms. The molecule has 0 unspecified atom stereocenters. The highest BCUT2D eigenvalue weighted by Crippen LogP contribution is 2.34. The molecule has 0 fully saturated rings. The predicted molar refractivity (Wildman–Crippen MR) is 81.3 cm³/mol. The molecule has 1 aromatic carbocycles. The molecular weight excluding hydrogens is 292 g/mol. The van der Waals surface area contributed by atoms with Crippen LogP contribution < -0.4 is 11.5 Å². The molecule has 0 saturated carbocycles. The normalized spacial score (nSPS) is 11.4. The number of primary amides is 1. The van der Waals surface area contributed by atoms with Gasteiger partial charge in [-0.1, -0.05) is 37.6 Å². The number of hydrogen-bond donors (Lipinski definition) is 2. The summed E-state index contributed by atoms with van der Waals surface area (Å²) in [5.74, 6) is 0.0649. The Hall–Kier alpha value is -2.41. The molecule has 0 atom stereocenters. The molecular formula is C13H15ClN6O. The summed E-state index contributed by atoms with van der Waals surface area (Å²) in [6, 6.07) is 6.24. The van der Waals surface area contributed by atoms with E-state index in [-0.39, 0.29) is 11.7 Å². The first-order valence-electron chi connectivity index (χ1n) is 6.26. The fourth-order valence-electron chi connectivity index (χ4n) is 1.74. The minimum Gasteiger partial charge on any atom is -0.382 e. The van der Waals surface area contributed by atoms with Crippen LogP contribution in [0.2, 0.25) is 5.02 Å². The third kappa shape index (κ3) is 3.03. The summed E-state index contributed by atoms with van der Waals surface area (Å²) in [5.41, 5.74) is 12.4. The zero-order valence-electron chi connectivity index (χ0n) is 11.6. The molecule has 4 N–H and O–H groups in total. The molecule has 110 valence electrons. The average Bonchev–Trinajstić information content (AvgIpc) is 2.75. The maximum atomic E-state index is 11.3. The molecule has 2 aromatic rings. The third-order valence-corrected chi connectivity index (χ3v) is 3.11. The van der Waals surface area contributed by atoms with Gasteiger partial charge in [0.1, 0.15) is 5.69 Å². The van der Waals surface area contributed by atoms with Gasteiger partial charge in [0, 0.05) is 0 Å². The van der Waals surface area contributed by atoms with E-state index < -0.39 is 6.03 Å². The molecule has 0 radical (unpaired) electrons. The van der Waals surface area contributed by atoms with E-state index in [0.717, 1.165) is 4.68 Å². The Bertz CT molecular complexity index is 707. The van der Waals surface area contributed by atoms with E-state index in [9.17, 15) is 4.79 Å². The highest BCUT2D eigenvalue weighted by atomic mass is 35.5. The number of anilines is 1. The monoisotopic (exact) mass is 306 g/mol. The van der Waals surface area contributed by atoms with Gasteiger partial charge in [0.15, 0.2) is 11.5 Å². The second-order valence-corrected chi connectivity index (χ2v) is 5.08. The number of aromatic nitrogens is 2. The third-order valence-electron chi connectivity index (χ3n) is 2.79. The number of carbonyl (C=O) groups is 1. The highest BCUT2D eigenvalue weighted by Gasteiger charge is 2.20. The molecule has 2 rings (SSSR count). The molecule has 0 aliphatic rings. The van der Waals surface area contributed by atoms with Gasteiger partial charge < -0.3 is 11.5 Å². The zero-order chi connectivity index (χ0) is 15.6. The lowest BCUT2D eigenvalue weighted by atomic mass is 10.1. The molecule has 0 aliphatic heterocycles. The summed E-state index contributed by atoms with van der Waals surface area (Å²) in [7, 11) is 0. The number of azo groups is 1. The summed E-state index contributed by atoms with van der Waals surface area (Å²) in [5, 5.41) is 12.7. The van der Waals surface area contributed by atoms with Crippen LogP contribution in [-0.2, 0) is 0 Å². The van der Waals surface area contributed by atoms with Gasteiger partial charge >= 0.3 is 6.03 Å². The van der Waals surface area contributed by atoms with Crippen LogP contribution in [0.25, 0.3) is 0 Å². The smallest absolute Gasteiger partial charge is 0.341 e. The Kier molecular flexibility index (Phi) is 4.23. The molecule has 8 heteroatoms. The number of halogens is 1. The summed E-state index contributed by atoms with van der Waals surface area (Å²) in [6.07, 6.45) is 0. The first-order chi connectivity index (χ1) is 9.91. The van der Waals surface area contributed by atoms with E-state index in [0.29, 0.717) is 22.1 Å². The van der Waals surface area contributed by atoms with E-state index in [1.165, 1.54) is 0 Å². The number of nitrogens with two attached hydrogens (primary N) is 2. The van der Waals surface area contributed by atoms with Gasteiger partial charge in [-0.2, -0.15) is 9.78 Å².